The van der Waals surface area contributed by atoms with Gasteiger partial charge in [0.1, 0.15) is 6.04 Å². The molecule has 1 N–H and O–H groups in total. The Morgan fingerprint density at radius 3 is 1.79 bits per heavy atom. The van der Waals surface area contributed by atoms with Crippen LogP contribution in [0.2, 0.25) is 0 Å². The van der Waals surface area contributed by atoms with Crippen molar-refractivity contribution in [3.63, 3.8) is 0 Å². The highest BCUT2D eigenvalue weighted by atomic mass is 16.2. The van der Waals surface area contributed by atoms with Crippen LogP contribution in [0.1, 0.15) is 40.8 Å². The Labute approximate surface area is 195 Å². The first-order valence-electron chi connectivity index (χ1n) is 11.3. The number of amides is 2. The SMILES string of the molecule is CN(C(=O)NCCC(c1ccccc1)c1ccccc1)C(c1ccccc1)c1ccccn1. The van der Waals surface area contributed by atoms with Gasteiger partial charge in [0, 0.05) is 25.7 Å². The summed E-state index contributed by atoms with van der Waals surface area (Å²) in [6.45, 7) is 0.571. The minimum absolute atomic E-state index is 0.116. The van der Waals surface area contributed by atoms with Crippen molar-refractivity contribution in [2.75, 3.05) is 13.6 Å². The molecule has 33 heavy (non-hydrogen) atoms. The zero-order valence-electron chi connectivity index (χ0n) is 18.8. The van der Waals surface area contributed by atoms with Crippen molar-refractivity contribution in [1.82, 2.24) is 15.2 Å². The molecule has 166 valence electrons. The fourth-order valence-electron chi connectivity index (χ4n) is 4.23. The lowest BCUT2D eigenvalue weighted by Crippen LogP contribution is -2.41. The molecule has 4 rings (SSSR count). The molecular weight excluding hydrogens is 406 g/mol. The second-order valence-corrected chi connectivity index (χ2v) is 8.07. The van der Waals surface area contributed by atoms with Gasteiger partial charge in [-0.25, -0.2) is 4.79 Å². The molecule has 3 aromatic carbocycles. The molecule has 2 amide bonds. The van der Waals surface area contributed by atoms with Crippen molar-refractivity contribution in [2.45, 2.75) is 18.4 Å². The Bertz CT molecular complexity index is 1040. The summed E-state index contributed by atoms with van der Waals surface area (Å²) in [4.78, 5) is 19.4. The van der Waals surface area contributed by atoms with E-state index in [1.165, 1.54) is 11.1 Å². The second-order valence-electron chi connectivity index (χ2n) is 8.07. The molecule has 0 fully saturated rings. The summed E-state index contributed by atoms with van der Waals surface area (Å²) >= 11 is 0. The van der Waals surface area contributed by atoms with Crippen LogP contribution < -0.4 is 5.32 Å². The fraction of sp³-hybridized carbons (Fsp3) is 0.172. The third-order valence-electron chi connectivity index (χ3n) is 5.90. The summed E-state index contributed by atoms with van der Waals surface area (Å²) < 4.78 is 0. The summed E-state index contributed by atoms with van der Waals surface area (Å²) in [5.74, 6) is 0.221. The largest absolute Gasteiger partial charge is 0.338 e. The Kier molecular flexibility index (Phi) is 7.49. The van der Waals surface area contributed by atoms with E-state index < -0.39 is 0 Å². The highest BCUT2D eigenvalue weighted by Crippen LogP contribution is 2.28. The first kappa shape index (κ1) is 22.3. The number of hydrogen-bond acceptors (Lipinski definition) is 2. The third-order valence-corrected chi connectivity index (χ3v) is 5.90. The van der Waals surface area contributed by atoms with Gasteiger partial charge in [0.2, 0.25) is 0 Å². The predicted molar refractivity (Wildman–Crippen MR) is 133 cm³/mol. The first-order valence-corrected chi connectivity index (χ1v) is 11.3. The maximum atomic E-state index is 13.2. The fourth-order valence-corrected chi connectivity index (χ4v) is 4.23. The lowest BCUT2D eigenvalue weighted by molar-refractivity contribution is 0.197. The van der Waals surface area contributed by atoms with Crippen LogP contribution in [0.15, 0.2) is 115 Å². The maximum Gasteiger partial charge on any atom is 0.317 e. The van der Waals surface area contributed by atoms with Crippen LogP contribution in [0.5, 0.6) is 0 Å². The van der Waals surface area contributed by atoms with Crippen LogP contribution in [-0.2, 0) is 0 Å². The number of aromatic nitrogens is 1. The third kappa shape index (κ3) is 5.66. The van der Waals surface area contributed by atoms with Crippen LogP contribution in [0.4, 0.5) is 4.79 Å². The van der Waals surface area contributed by atoms with Crippen LogP contribution in [0.3, 0.4) is 0 Å². The summed E-state index contributed by atoms with van der Waals surface area (Å²) in [6, 6.07) is 36.4. The monoisotopic (exact) mass is 435 g/mol. The van der Waals surface area contributed by atoms with E-state index in [9.17, 15) is 4.79 Å². The Hall–Kier alpha value is -3.92. The molecule has 0 spiro atoms. The van der Waals surface area contributed by atoms with E-state index in [0.717, 1.165) is 17.7 Å². The van der Waals surface area contributed by atoms with Crippen molar-refractivity contribution in [3.8, 4) is 0 Å². The average molecular weight is 436 g/mol. The van der Waals surface area contributed by atoms with Crippen molar-refractivity contribution in [3.05, 3.63) is 138 Å². The lowest BCUT2D eigenvalue weighted by Gasteiger charge is -2.29. The Morgan fingerprint density at radius 2 is 1.27 bits per heavy atom. The van der Waals surface area contributed by atoms with Gasteiger partial charge in [0.25, 0.3) is 0 Å². The van der Waals surface area contributed by atoms with Crippen LogP contribution in [-0.4, -0.2) is 29.5 Å². The number of nitrogens with zero attached hydrogens (tertiary/aromatic N) is 2. The summed E-state index contributed by atoms with van der Waals surface area (Å²) in [6.07, 6.45) is 2.58. The molecule has 4 heteroatoms. The number of pyridine rings is 1. The number of nitrogens with one attached hydrogen (secondary N) is 1. The first-order chi connectivity index (χ1) is 16.2. The van der Waals surface area contributed by atoms with Crippen LogP contribution in [0, 0.1) is 0 Å². The minimum Gasteiger partial charge on any atom is -0.338 e. The van der Waals surface area contributed by atoms with E-state index in [1.54, 1.807) is 11.1 Å². The van der Waals surface area contributed by atoms with E-state index in [-0.39, 0.29) is 18.0 Å². The van der Waals surface area contributed by atoms with Gasteiger partial charge >= 0.3 is 6.03 Å². The molecule has 4 aromatic rings. The number of benzene rings is 3. The van der Waals surface area contributed by atoms with Gasteiger partial charge in [-0.3, -0.25) is 4.98 Å². The molecule has 0 bridgehead atoms. The van der Waals surface area contributed by atoms with Gasteiger partial charge in [-0.05, 0) is 35.2 Å². The molecule has 0 aliphatic heterocycles. The van der Waals surface area contributed by atoms with Gasteiger partial charge in [-0.1, -0.05) is 97.1 Å². The summed E-state index contributed by atoms with van der Waals surface area (Å²) in [5, 5.41) is 3.13. The number of carbonyl (C=O) groups excluding carboxylic acids is 1. The molecule has 1 aromatic heterocycles. The molecule has 0 saturated carbocycles. The van der Waals surface area contributed by atoms with E-state index >= 15 is 0 Å². The molecule has 0 radical (unpaired) electrons. The normalized spacial score (nSPS) is 11.7. The Balaban J connectivity index is 1.47. The van der Waals surface area contributed by atoms with Crippen molar-refractivity contribution in [2.24, 2.45) is 0 Å². The van der Waals surface area contributed by atoms with Crippen molar-refractivity contribution in [1.29, 1.82) is 0 Å². The number of hydrogen-bond donors (Lipinski definition) is 1. The second kappa shape index (κ2) is 11.1. The number of carbonyl (C=O) groups is 1. The minimum atomic E-state index is -0.258. The summed E-state index contributed by atoms with van der Waals surface area (Å²) in [7, 11) is 1.83. The Morgan fingerprint density at radius 1 is 0.758 bits per heavy atom. The highest BCUT2D eigenvalue weighted by Gasteiger charge is 2.24. The van der Waals surface area contributed by atoms with Gasteiger partial charge in [-0.15, -0.1) is 0 Å². The van der Waals surface area contributed by atoms with Crippen LogP contribution in [0.25, 0.3) is 0 Å². The predicted octanol–water partition coefficient (Wildman–Crippen LogP) is 6.03. The van der Waals surface area contributed by atoms with Crippen LogP contribution >= 0.6 is 0 Å². The van der Waals surface area contributed by atoms with Gasteiger partial charge < -0.3 is 10.2 Å². The molecule has 1 unspecified atom stereocenters. The number of urea groups is 1. The molecule has 1 atom stereocenters. The molecule has 4 nitrogen and oxygen atoms in total. The van der Waals surface area contributed by atoms with Gasteiger partial charge in [-0.2, -0.15) is 0 Å². The van der Waals surface area contributed by atoms with E-state index in [1.807, 2.05) is 67.7 Å². The molecule has 0 aliphatic carbocycles. The standard InChI is InChI=1S/C29H29N3O/c1-32(28(25-17-9-4-10-18-25)27-19-11-12-21-30-27)29(33)31-22-20-26(23-13-5-2-6-14-23)24-15-7-3-8-16-24/h2-19,21,26,28H,20,22H2,1H3,(H,31,33). The summed E-state index contributed by atoms with van der Waals surface area (Å²) in [5.41, 5.74) is 4.37. The quantitative estimate of drug-likeness (QED) is 0.367. The highest BCUT2D eigenvalue weighted by molar-refractivity contribution is 5.75. The smallest absolute Gasteiger partial charge is 0.317 e. The van der Waals surface area contributed by atoms with Crippen molar-refractivity contribution < 1.29 is 4.79 Å². The van der Waals surface area contributed by atoms with E-state index in [0.29, 0.717) is 6.54 Å². The van der Waals surface area contributed by atoms with Gasteiger partial charge in [0.05, 0.1) is 5.69 Å². The molecule has 1 heterocycles. The average Bonchev–Trinajstić information content (AvgIpc) is 2.89. The lowest BCUT2D eigenvalue weighted by atomic mass is 9.88. The molecule has 0 saturated heterocycles. The molecular formula is C29H29N3O. The maximum absolute atomic E-state index is 13.2. The topological polar surface area (TPSA) is 45.2 Å². The zero-order chi connectivity index (χ0) is 22.9. The number of rotatable bonds is 8. The van der Waals surface area contributed by atoms with Crippen molar-refractivity contribution >= 4 is 6.03 Å². The molecule has 0 aliphatic rings. The zero-order valence-corrected chi connectivity index (χ0v) is 18.8. The van der Waals surface area contributed by atoms with E-state index in [4.69, 9.17) is 0 Å². The van der Waals surface area contributed by atoms with Gasteiger partial charge in [0.15, 0.2) is 0 Å². The van der Waals surface area contributed by atoms with E-state index in [2.05, 4.69) is 58.8 Å².